The van der Waals surface area contributed by atoms with Crippen molar-refractivity contribution in [2.45, 2.75) is 50.2 Å². The molecule has 2 atom stereocenters. The summed E-state index contributed by atoms with van der Waals surface area (Å²) in [7, 11) is 1.89. The van der Waals surface area contributed by atoms with Gasteiger partial charge in [-0.25, -0.2) is 9.37 Å². The van der Waals surface area contributed by atoms with Crippen LogP contribution in [0.5, 0.6) is 0 Å². The third kappa shape index (κ3) is 4.81. The number of oxazole rings is 1. The highest BCUT2D eigenvalue weighted by Crippen LogP contribution is 2.29. The molecule has 0 aliphatic carbocycles. The molecular weight excluding hydrogens is 392 g/mol. The number of fused-ring (bicyclic) bond motifs is 2. The Labute approximate surface area is 170 Å². The van der Waals surface area contributed by atoms with Crippen molar-refractivity contribution < 1.29 is 13.6 Å². The first kappa shape index (κ1) is 21.7. The fourth-order valence-electron chi connectivity index (χ4n) is 3.94. The molecular formula is C19H24Cl2FN3O2. The molecule has 2 unspecified atom stereocenters. The summed E-state index contributed by atoms with van der Waals surface area (Å²) >= 11 is 0. The fourth-order valence-corrected chi connectivity index (χ4v) is 3.94. The summed E-state index contributed by atoms with van der Waals surface area (Å²) in [4.78, 5) is 18.9. The maximum absolute atomic E-state index is 13.0. The number of hydrogen-bond donors (Lipinski definition) is 1. The topological polar surface area (TPSA) is 58.4 Å². The average Bonchev–Trinajstić information content (AvgIpc) is 3.21. The largest absolute Gasteiger partial charge is 0.444 e. The summed E-state index contributed by atoms with van der Waals surface area (Å²) < 4.78 is 18.4. The van der Waals surface area contributed by atoms with Crippen LogP contribution in [0, 0.1) is 5.82 Å². The maximum Gasteiger partial charge on any atom is 0.228 e. The third-order valence-electron chi connectivity index (χ3n) is 5.36. The number of amides is 1. The van der Waals surface area contributed by atoms with Gasteiger partial charge in [-0.1, -0.05) is 0 Å². The van der Waals surface area contributed by atoms with Crippen LogP contribution in [0.15, 0.2) is 34.9 Å². The second-order valence-corrected chi connectivity index (χ2v) is 7.10. The van der Waals surface area contributed by atoms with Gasteiger partial charge >= 0.3 is 0 Å². The number of hydrogen-bond acceptors (Lipinski definition) is 4. The van der Waals surface area contributed by atoms with Gasteiger partial charge < -0.3 is 14.6 Å². The molecule has 2 aromatic rings. The third-order valence-corrected chi connectivity index (χ3v) is 5.36. The second kappa shape index (κ2) is 9.04. The summed E-state index contributed by atoms with van der Waals surface area (Å²) in [5, 5.41) is 3.60. The lowest BCUT2D eigenvalue weighted by molar-refractivity contribution is -0.132. The van der Waals surface area contributed by atoms with E-state index in [4.69, 9.17) is 4.42 Å². The summed E-state index contributed by atoms with van der Waals surface area (Å²) in [6, 6.07) is 7.36. The van der Waals surface area contributed by atoms with Crippen LogP contribution < -0.4 is 5.32 Å². The van der Waals surface area contributed by atoms with Crippen LogP contribution in [0.25, 0.3) is 11.5 Å². The highest BCUT2D eigenvalue weighted by molar-refractivity contribution is 5.85. The Balaban J connectivity index is 0.00000131. The number of piperidine rings is 1. The number of nitrogens with one attached hydrogen (secondary N) is 1. The molecule has 0 spiro atoms. The van der Waals surface area contributed by atoms with E-state index in [0.29, 0.717) is 35.3 Å². The zero-order valence-electron chi connectivity index (χ0n) is 15.1. The maximum atomic E-state index is 13.0. The Hall–Kier alpha value is -1.63. The number of carbonyl (C=O) groups is 1. The molecule has 148 valence electrons. The number of carbonyl (C=O) groups excluding carboxylic acids is 1. The van der Waals surface area contributed by atoms with Crippen LogP contribution in [0.3, 0.4) is 0 Å². The Morgan fingerprint density at radius 3 is 2.48 bits per heavy atom. The molecule has 3 heterocycles. The van der Waals surface area contributed by atoms with Gasteiger partial charge in [-0.3, -0.25) is 4.79 Å². The minimum absolute atomic E-state index is 0. The first-order chi connectivity index (χ1) is 12.1. The molecule has 0 radical (unpaired) electrons. The molecule has 2 bridgehead atoms. The van der Waals surface area contributed by atoms with Gasteiger partial charge in [-0.15, -0.1) is 24.8 Å². The van der Waals surface area contributed by atoms with E-state index < -0.39 is 0 Å². The molecule has 8 heteroatoms. The van der Waals surface area contributed by atoms with Crippen molar-refractivity contribution in [3.63, 3.8) is 0 Å². The standard InChI is InChI=1S/C19H22FN3O2.2ClH/c1-23(17-8-14-6-7-15(9-17)21-14)18(24)10-16-11-25-19(22-16)12-2-4-13(20)5-3-12;;/h2-5,11,14-15,17,21H,6-10H2,1H3;2*1H. The molecule has 27 heavy (non-hydrogen) atoms. The molecule has 0 saturated carbocycles. The van der Waals surface area contributed by atoms with Gasteiger partial charge in [0.05, 0.1) is 12.1 Å². The number of rotatable bonds is 4. The van der Waals surface area contributed by atoms with E-state index in [2.05, 4.69) is 10.3 Å². The summed E-state index contributed by atoms with van der Waals surface area (Å²) in [6.07, 6.45) is 6.22. The van der Waals surface area contributed by atoms with Crippen LogP contribution in [-0.2, 0) is 11.2 Å². The van der Waals surface area contributed by atoms with E-state index in [0.717, 1.165) is 12.8 Å². The number of halogens is 3. The van der Waals surface area contributed by atoms with Gasteiger partial charge in [0.25, 0.3) is 0 Å². The monoisotopic (exact) mass is 415 g/mol. The van der Waals surface area contributed by atoms with Crippen LogP contribution in [-0.4, -0.2) is 41.0 Å². The lowest BCUT2D eigenvalue weighted by Gasteiger charge is -2.35. The van der Waals surface area contributed by atoms with Crippen molar-refractivity contribution in [3.8, 4) is 11.5 Å². The predicted molar refractivity (Wildman–Crippen MR) is 106 cm³/mol. The van der Waals surface area contributed by atoms with Crippen molar-refractivity contribution in [1.29, 1.82) is 0 Å². The Morgan fingerprint density at radius 2 is 1.85 bits per heavy atom. The molecule has 2 aliphatic heterocycles. The lowest BCUT2D eigenvalue weighted by Crippen LogP contribution is -2.49. The molecule has 1 N–H and O–H groups in total. The lowest BCUT2D eigenvalue weighted by atomic mass is 9.98. The van der Waals surface area contributed by atoms with Gasteiger partial charge in [-0.05, 0) is 49.9 Å². The molecule has 2 saturated heterocycles. The van der Waals surface area contributed by atoms with Gasteiger partial charge in [0.1, 0.15) is 12.1 Å². The van der Waals surface area contributed by atoms with E-state index in [-0.39, 0.29) is 43.0 Å². The van der Waals surface area contributed by atoms with Crippen molar-refractivity contribution >= 4 is 30.7 Å². The predicted octanol–water partition coefficient (Wildman–Crippen LogP) is 3.61. The quantitative estimate of drug-likeness (QED) is 0.828. The Kier molecular flexibility index (Phi) is 7.25. The highest BCUT2D eigenvalue weighted by atomic mass is 35.5. The first-order valence-electron chi connectivity index (χ1n) is 8.80. The second-order valence-electron chi connectivity index (χ2n) is 7.10. The zero-order valence-corrected chi connectivity index (χ0v) is 16.7. The van der Waals surface area contributed by atoms with Crippen molar-refractivity contribution in [3.05, 3.63) is 42.0 Å². The molecule has 1 aromatic heterocycles. The number of likely N-dealkylation sites (N-methyl/N-ethyl adjacent to an activating group) is 1. The smallest absolute Gasteiger partial charge is 0.228 e. The summed E-state index contributed by atoms with van der Waals surface area (Å²) in [5.74, 6) is 0.166. The molecule has 5 nitrogen and oxygen atoms in total. The minimum atomic E-state index is -0.303. The van der Waals surface area contributed by atoms with Crippen molar-refractivity contribution in [1.82, 2.24) is 15.2 Å². The fraction of sp³-hybridized carbons (Fsp3) is 0.474. The molecule has 1 amide bonds. The van der Waals surface area contributed by atoms with Gasteiger partial charge in [0, 0.05) is 30.7 Å². The van der Waals surface area contributed by atoms with Crippen molar-refractivity contribution in [2.75, 3.05) is 7.05 Å². The molecule has 2 fully saturated rings. The number of benzene rings is 1. The van der Waals surface area contributed by atoms with Crippen molar-refractivity contribution in [2.24, 2.45) is 0 Å². The van der Waals surface area contributed by atoms with E-state index in [1.165, 1.54) is 31.2 Å². The first-order valence-corrected chi connectivity index (χ1v) is 8.80. The zero-order chi connectivity index (χ0) is 17.4. The van der Waals surface area contributed by atoms with Gasteiger partial charge in [-0.2, -0.15) is 0 Å². The molecule has 4 rings (SSSR count). The van der Waals surface area contributed by atoms with Gasteiger partial charge in [0.15, 0.2) is 0 Å². The van der Waals surface area contributed by atoms with Gasteiger partial charge in [0.2, 0.25) is 11.8 Å². The molecule has 1 aromatic carbocycles. The van der Waals surface area contributed by atoms with E-state index >= 15 is 0 Å². The summed E-state index contributed by atoms with van der Waals surface area (Å²) in [6.45, 7) is 0. The van der Waals surface area contributed by atoms with E-state index in [1.807, 2.05) is 11.9 Å². The highest BCUT2D eigenvalue weighted by Gasteiger charge is 2.36. The van der Waals surface area contributed by atoms with Crippen LogP contribution >= 0.6 is 24.8 Å². The number of aromatic nitrogens is 1. The molecule has 2 aliphatic rings. The van der Waals surface area contributed by atoms with E-state index in [1.54, 1.807) is 12.1 Å². The summed E-state index contributed by atoms with van der Waals surface area (Å²) in [5.41, 5.74) is 1.30. The van der Waals surface area contributed by atoms with Crippen LogP contribution in [0.4, 0.5) is 4.39 Å². The minimum Gasteiger partial charge on any atom is -0.444 e. The SMILES string of the molecule is CN(C(=O)Cc1coc(-c2ccc(F)cc2)n1)C1CC2CCC(C1)N2.Cl.Cl. The van der Waals surface area contributed by atoms with E-state index in [9.17, 15) is 9.18 Å². The average molecular weight is 416 g/mol. The normalized spacial score (nSPS) is 23.3. The Morgan fingerprint density at radius 1 is 1.22 bits per heavy atom. The Bertz CT molecular complexity index is 757. The van der Waals surface area contributed by atoms with Crippen LogP contribution in [0.1, 0.15) is 31.4 Å². The number of nitrogens with zero attached hydrogens (tertiary/aromatic N) is 2. The van der Waals surface area contributed by atoms with Crippen LogP contribution in [0.2, 0.25) is 0 Å².